The van der Waals surface area contributed by atoms with Crippen molar-refractivity contribution >= 4 is 61.3 Å². The Labute approximate surface area is 304 Å². The zero-order valence-corrected chi connectivity index (χ0v) is 28.8. The molecule has 246 valence electrons. The molecule has 1 aliphatic rings. The van der Waals surface area contributed by atoms with E-state index in [4.69, 9.17) is 0 Å². The van der Waals surface area contributed by atoms with Gasteiger partial charge in [0.25, 0.3) is 0 Å². The van der Waals surface area contributed by atoms with E-state index in [1.54, 1.807) is 0 Å². The Balaban J connectivity index is 1.03. The van der Waals surface area contributed by atoms with Crippen molar-refractivity contribution in [3.05, 3.63) is 205 Å². The normalized spacial score (nSPS) is 12.6. The molecule has 0 aliphatic heterocycles. The van der Waals surface area contributed by atoms with Crippen molar-refractivity contribution in [1.29, 1.82) is 0 Å². The lowest BCUT2D eigenvalue weighted by atomic mass is 9.87. The van der Waals surface area contributed by atoms with Gasteiger partial charge in [-0.3, -0.25) is 0 Å². The number of para-hydroxylation sites is 3. The molecular weight excluding hydrogens is 629 g/mol. The number of anilines is 3. The first-order chi connectivity index (χ1) is 25.8. The number of aromatic nitrogens is 1. The largest absolute Gasteiger partial charge is 0.310 e. The van der Waals surface area contributed by atoms with Gasteiger partial charge in [0.1, 0.15) is 0 Å². The molecule has 10 rings (SSSR count). The molecule has 0 atom stereocenters. The minimum Gasteiger partial charge on any atom is -0.310 e. The van der Waals surface area contributed by atoms with Crippen molar-refractivity contribution in [2.45, 2.75) is 12.8 Å². The summed E-state index contributed by atoms with van der Waals surface area (Å²) < 4.78 is 2.38. The molecule has 0 radical (unpaired) electrons. The highest BCUT2D eigenvalue weighted by atomic mass is 15.1. The lowest BCUT2D eigenvalue weighted by molar-refractivity contribution is 0.999. The summed E-state index contributed by atoms with van der Waals surface area (Å²) in [4.78, 5) is 2.40. The summed E-state index contributed by atoms with van der Waals surface area (Å²) in [5.74, 6) is 0. The maximum Gasteiger partial charge on any atom is 0.0542 e. The third-order valence-corrected chi connectivity index (χ3v) is 10.6. The smallest absolute Gasteiger partial charge is 0.0542 e. The van der Waals surface area contributed by atoms with E-state index in [-0.39, 0.29) is 0 Å². The molecule has 8 aromatic carbocycles. The highest BCUT2D eigenvalue weighted by Crippen LogP contribution is 2.41. The average molecular weight is 665 g/mol. The molecule has 0 bridgehead atoms. The summed E-state index contributed by atoms with van der Waals surface area (Å²) in [6.07, 6.45) is 4.41. The second-order valence-electron chi connectivity index (χ2n) is 13.8. The van der Waals surface area contributed by atoms with Gasteiger partial charge in [-0.15, -0.1) is 0 Å². The van der Waals surface area contributed by atoms with E-state index in [0.29, 0.717) is 0 Å². The quantitative estimate of drug-likeness (QED) is 0.172. The summed E-state index contributed by atoms with van der Waals surface area (Å²) in [5.41, 5.74) is 14.9. The Morgan fingerprint density at radius 3 is 1.98 bits per heavy atom. The molecular formula is C50H36N2. The van der Waals surface area contributed by atoms with Crippen LogP contribution in [-0.2, 0) is 6.42 Å². The van der Waals surface area contributed by atoms with Crippen molar-refractivity contribution in [1.82, 2.24) is 4.57 Å². The monoisotopic (exact) mass is 664 g/mol. The average Bonchev–Trinajstić information content (AvgIpc) is 3.55. The van der Waals surface area contributed by atoms with Crippen LogP contribution in [0.4, 0.5) is 17.1 Å². The Kier molecular flexibility index (Phi) is 7.32. The zero-order chi connectivity index (χ0) is 34.4. The van der Waals surface area contributed by atoms with Crippen LogP contribution in [-0.4, -0.2) is 4.57 Å². The minimum absolute atomic E-state index is 1.00. The molecule has 9 aromatic rings. The molecule has 0 amide bonds. The van der Waals surface area contributed by atoms with Gasteiger partial charge in [0.05, 0.1) is 11.0 Å². The lowest BCUT2D eigenvalue weighted by Crippen LogP contribution is -2.11. The molecule has 0 spiro atoms. The minimum atomic E-state index is 1.00. The van der Waals surface area contributed by atoms with Crippen LogP contribution in [0, 0.1) is 0 Å². The van der Waals surface area contributed by atoms with E-state index in [9.17, 15) is 0 Å². The fourth-order valence-electron chi connectivity index (χ4n) is 8.09. The fourth-order valence-corrected chi connectivity index (χ4v) is 8.09. The summed E-state index contributed by atoms with van der Waals surface area (Å²) in [5, 5.41) is 5.05. The Morgan fingerprint density at radius 1 is 0.404 bits per heavy atom. The number of hydrogen-bond donors (Lipinski definition) is 0. The van der Waals surface area contributed by atoms with Gasteiger partial charge in [-0.05, 0) is 130 Å². The van der Waals surface area contributed by atoms with E-state index in [0.717, 1.165) is 24.2 Å². The van der Waals surface area contributed by atoms with Gasteiger partial charge in [-0.1, -0.05) is 121 Å². The van der Waals surface area contributed by atoms with Crippen LogP contribution >= 0.6 is 0 Å². The van der Waals surface area contributed by atoms with E-state index < -0.39 is 0 Å². The number of rotatable bonds is 6. The van der Waals surface area contributed by atoms with Crippen LogP contribution in [0.3, 0.4) is 0 Å². The van der Waals surface area contributed by atoms with Crippen molar-refractivity contribution in [2.75, 3.05) is 4.90 Å². The Hall–Kier alpha value is -6.64. The molecule has 1 heterocycles. The zero-order valence-electron chi connectivity index (χ0n) is 28.8. The van der Waals surface area contributed by atoms with E-state index >= 15 is 0 Å². The van der Waals surface area contributed by atoms with E-state index in [1.165, 1.54) is 77.3 Å². The highest BCUT2D eigenvalue weighted by molar-refractivity contribution is 6.10. The van der Waals surface area contributed by atoms with Crippen molar-refractivity contribution in [2.24, 2.45) is 0 Å². The first kappa shape index (κ1) is 30.2. The predicted octanol–water partition coefficient (Wildman–Crippen LogP) is 13.6. The van der Waals surface area contributed by atoms with Gasteiger partial charge >= 0.3 is 0 Å². The van der Waals surface area contributed by atoms with Crippen molar-refractivity contribution in [3.8, 4) is 16.8 Å². The van der Waals surface area contributed by atoms with Crippen LogP contribution in [0.2, 0.25) is 0 Å². The highest BCUT2D eigenvalue weighted by Gasteiger charge is 2.20. The predicted molar refractivity (Wildman–Crippen MR) is 221 cm³/mol. The Morgan fingerprint density at radius 2 is 1.10 bits per heavy atom. The van der Waals surface area contributed by atoms with E-state index in [2.05, 4.69) is 204 Å². The van der Waals surface area contributed by atoms with Crippen LogP contribution in [0.5, 0.6) is 0 Å². The van der Waals surface area contributed by atoms with Crippen LogP contribution in [0.1, 0.15) is 23.1 Å². The maximum absolute atomic E-state index is 2.40. The molecule has 0 unspecified atom stereocenters. The van der Waals surface area contributed by atoms with Crippen LogP contribution in [0.15, 0.2) is 188 Å². The molecule has 2 nitrogen and oxygen atoms in total. The molecule has 0 fully saturated rings. The fraction of sp³-hybridized carbons (Fsp3) is 0.0400. The number of allylic oxidation sites excluding steroid dienone is 1. The van der Waals surface area contributed by atoms with Gasteiger partial charge in [-0.2, -0.15) is 0 Å². The van der Waals surface area contributed by atoms with Gasteiger partial charge < -0.3 is 9.47 Å². The third kappa shape index (κ3) is 5.28. The molecule has 1 aliphatic carbocycles. The van der Waals surface area contributed by atoms with Crippen molar-refractivity contribution < 1.29 is 0 Å². The molecule has 0 saturated heterocycles. The topological polar surface area (TPSA) is 8.17 Å². The van der Waals surface area contributed by atoms with Gasteiger partial charge in [-0.25, -0.2) is 0 Å². The summed E-state index contributed by atoms with van der Waals surface area (Å²) >= 11 is 0. The summed E-state index contributed by atoms with van der Waals surface area (Å²) in [6.45, 7) is 0. The SMILES string of the molecule is C1=C(c2cccc(-c3ccc4ccccc4c3)c2)CCc2cc(N(c3ccccc3)c3ccc4c(c3)c3ccccc3n4-c3ccccc3)ccc21. The Bertz CT molecular complexity index is 2790. The van der Waals surface area contributed by atoms with Gasteiger partial charge in [0.2, 0.25) is 0 Å². The lowest BCUT2D eigenvalue weighted by Gasteiger charge is -2.27. The van der Waals surface area contributed by atoms with Gasteiger partial charge in [0, 0.05) is 33.5 Å². The molecule has 2 heteroatoms. The van der Waals surface area contributed by atoms with E-state index in [1.807, 2.05) is 0 Å². The molecule has 52 heavy (non-hydrogen) atoms. The van der Waals surface area contributed by atoms with Crippen LogP contribution < -0.4 is 4.90 Å². The molecule has 0 N–H and O–H groups in total. The van der Waals surface area contributed by atoms with Gasteiger partial charge in [0.15, 0.2) is 0 Å². The maximum atomic E-state index is 2.40. The molecule has 0 saturated carbocycles. The first-order valence-electron chi connectivity index (χ1n) is 18.1. The third-order valence-electron chi connectivity index (χ3n) is 10.6. The number of fused-ring (bicyclic) bond motifs is 5. The number of aryl methyl sites for hydroxylation is 1. The number of benzene rings is 8. The standard InChI is InChI=1S/C50H36N2/c1-3-16-43(17-4-1)51(46-28-29-50-48(34-46)47-20-9-10-21-49(47)52(50)44-18-5-2-6-19-44)45-27-26-41-32-40(24-25-42(41)33-45)38-15-11-14-37(31-38)39-23-22-35-12-7-8-13-36(35)30-39/h1-23,26-34H,24-25H2. The van der Waals surface area contributed by atoms with Crippen molar-refractivity contribution in [3.63, 3.8) is 0 Å². The second-order valence-corrected chi connectivity index (χ2v) is 13.8. The van der Waals surface area contributed by atoms with Crippen LogP contribution in [0.25, 0.3) is 61.0 Å². The molecule has 1 aromatic heterocycles. The number of hydrogen-bond acceptors (Lipinski definition) is 1. The second kappa shape index (κ2) is 12.6. The summed E-state index contributed by atoms with van der Waals surface area (Å²) in [6, 6.07) is 68.5. The first-order valence-corrected chi connectivity index (χ1v) is 18.1. The summed E-state index contributed by atoms with van der Waals surface area (Å²) in [7, 11) is 0. The number of nitrogens with zero attached hydrogens (tertiary/aromatic N) is 2.